The van der Waals surface area contributed by atoms with Crippen LogP contribution in [0.15, 0.2) is 6.07 Å². The number of halogens is 4. The summed E-state index contributed by atoms with van der Waals surface area (Å²) in [6, 6.07) is 0.00150. The van der Waals surface area contributed by atoms with Gasteiger partial charge in [-0.25, -0.2) is 17.6 Å². The van der Waals surface area contributed by atoms with Crippen LogP contribution in [0.5, 0.6) is 0 Å². The molecule has 0 saturated carbocycles. The molecule has 0 atom stereocenters. The van der Waals surface area contributed by atoms with Crippen molar-refractivity contribution in [1.82, 2.24) is 0 Å². The number of aliphatic carboxylic acids is 1. The molecule has 1 aromatic carbocycles. The molecule has 0 aliphatic heterocycles. The van der Waals surface area contributed by atoms with Crippen molar-refractivity contribution in [3.63, 3.8) is 0 Å². The minimum absolute atomic E-state index is 0.00150. The van der Waals surface area contributed by atoms with Gasteiger partial charge in [0.1, 0.15) is 5.69 Å². The van der Waals surface area contributed by atoms with Crippen LogP contribution in [-0.2, 0) is 9.59 Å². The van der Waals surface area contributed by atoms with Crippen LogP contribution in [-0.4, -0.2) is 17.0 Å². The number of hydrogen-bond donors (Lipinski definition) is 2. The molecule has 110 valence electrons. The van der Waals surface area contributed by atoms with Crippen molar-refractivity contribution >= 4 is 17.6 Å². The number of carboxylic acid groups (broad SMARTS) is 1. The highest BCUT2D eigenvalue weighted by atomic mass is 19.2. The molecule has 8 heteroatoms. The van der Waals surface area contributed by atoms with E-state index in [4.69, 9.17) is 5.11 Å². The zero-order valence-electron chi connectivity index (χ0n) is 10.6. The van der Waals surface area contributed by atoms with Crippen LogP contribution >= 0.6 is 0 Å². The second-order valence-corrected chi connectivity index (χ2v) is 4.76. The standard InChI is InChI=1S/C12H11F4NO3/c1-12(2,11(19)20)4-7(18)17-10-8(15)5(13)3-6(14)9(10)16/h3H,4H2,1-2H3,(H,17,18)(H,19,20). The minimum Gasteiger partial charge on any atom is -0.481 e. The maximum Gasteiger partial charge on any atom is 0.309 e. The van der Waals surface area contributed by atoms with Gasteiger partial charge in [0.2, 0.25) is 5.91 Å². The number of rotatable bonds is 4. The number of carboxylic acids is 1. The van der Waals surface area contributed by atoms with Gasteiger partial charge in [0.25, 0.3) is 0 Å². The lowest BCUT2D eigenvalue weighted by Crippen LogP contribution is -2.30. The van der Waals surface area contributed by atoms with E-state index in [-0.39, 0.29) is 6.07 Å². The van der Waals surface area contributed by atoms with Gasteiger partial charge in [-0.05, 0) is 13.8 Å². The number of carbonyl (C=O) groups excluding carboxylic acids is 1. The van der Waals surface area contributed by atoms with E-state index in [0.717, 1.165) is 0 Å². The Balaban J connectivity index is 3.01. The van der Waals surface area contributed by atoms with E-state index >= 15 is 0 Å². The highest BCUT2D eigenvalue weighted by molar-refractivity contribution is 5.94. The lowest BCUT2D eigenvalue weighted by molar-refractivity contribution is -0.148. The molecule has 1 amide bonds. The summed E-state index contributed by atoms with van der Waals surface area (Å²) in [5, 5.41) is 10.4. The largest absolute Gasteiger partial charge is 0.481 e. The third-order valence-electron chi connectivity index (χ3n) is 2.56. The van der Waals surface area contributed by atoms with Gasteiger partial charge in [-0.2, -0.15) is 0 Å². The Hall–Kier alpha value is -2.12. The van der Waals surface area contributed by atoms with Gasteiger partial charge in [-0.1, -0.05) is 0 Å². The normalized spacial score (nSPS) is 11.3. The van der Waals surface area contributed by atoms with E-state index in [1.807, 2.05) is 0 Å². The van der Waals surface area contributed by atoms with Crippen LogP contribution in [0.25, 0.3) is 0 Å². The van der Waals surface area contributed by atoms with Crippen molar-refractivity contribution in [2.75, 3.05) is 5.32 Å². The first-order chi connectivity index (χ1) is 9.06. The third kappa shape index (κ3) is 3.25. The summed E-state index contributed by atoms with van der Waals surface area (Å²) >= 11 is 0. The smallest absolute Gasteiger partial charge is 0.309 e. The van der Waals surface area contributed by atoms with Crippen LogP contribution < -0.4 is 5.32 Å². The maximum atomic E-state index is 13.3. The van der Waals surface area contributed by atoms with Crippen LogP contribution in [0.4, 0.5) is 23.2 Å². The maximum absolute atomic E-state index is 13.3. The van der Waals surface area contributed by atoms with Crippen molar-refractivity contribution in [1.29, 1.82) is 0 Å². The summed E-state index contributed by atoms with van der Waals surface area (Å²) in [5.74, 6) is -9.25. The van der Waals surface area contributed by atoms with Gasteiger partial charge >= 0.3 is 5.97 Å². The van der Waals surface area contributed by atoms with Crippen molar-refractivity contribution in [3.05, 3.63) is 29.3 Å². The molecule has 0 bridgehead atoms. The molecule has 4 nitrogen and oxygen atoms in total. The molecule has 2 N–H and O–H groups in total. The number of hydrogen-bond acceptors (Lipinski definition) is 2. The van der Waals surface area contributed by atoms with Gasteiger partial charge < -0.3 is 10.4 Å². The first-order valence-corrected chi connectivity index (χ1v) is 5.42. The first kappa shape index (κ1) is 15.9. The molecule has 1 aromatic rings. The Morgan fingerprint density at radius 3 is 2.00 bits per heavy atom. The Labute approximate surface area is 111 Å². The van der Waals surface area contributed by atoms with Gasteiger partial charge in [0.15, 0.2) is 23.3 Å². The van der Waals surface area contributed by atoms with E-state index in [1.165, 1.54) is 13.8 Å². The summed E-state index contributed by atoms with van der Waals surface area (Å²) in [6.45, 7) is 2.43. The average Bonchev–Trinajstić information content (AvgIpc) is 2.31. The van der Waals surface area contributed by atoms with E-state index in [1.54, 1.807) is 5.32 Å². The van der Waals surface area contributed by atoms with Crippen LogP contribution in [0.3, 0.4) is 0 Å². The monoisotopic (exact) mass is 293 g/mol. The highest BCUT2D eigenvalue weighted by Crippen LogP contribution is 2.26. The number of anilines is 1. The van der Waals surface area contributed by atoms with Crippen molar-refractivity contribution in [2.24, 2.45) is 5.41 Å². The van der Waals surface area contributed by atoms with Gasteiger partial charge in [0.05, 0.1) is 5.41 Å². The summed E-state index contributed by atoms with van der Waals surface area (Å²) in [6.07, 6.45) is -0.626. The molecule has 1 rings (SSSR count). The molecule has 0 aliphatic rings. The first-order valence-electron chi connectivity index (χ1n) is 5.42. The molecule has 0 spiro atoms. The lowest BCUT2D eigenvalue weighted by Gasteiger charge is -2.18. The molecule has 0 saturated heterocycles. The second kappa shape index (κ2) is 5.48. The van der Waals surface area contributed by atoms with E-state index < -0.39 is 52.7 Å². The fourth-order valence-corrected chi connectivity index (χ4v) is 1.34. The fourth-order valence-electron chi connectivity index (χ4n) is 1.34. The van der Waals surface area contributed by atoms with Gasteiger partial charge in [-0.3, -0.25) is 9.59 Å². The fraction of sp³-hybridized carbons (Fsp3) is 0.333. The molecule has 0 unspecified atom stereocenters. The van der Waals surface area contributed by atoms with E-state index in [0.29, 0.717) is 0 Å². The second-order valence-electron chi connectivity index (χ2n) is 4.76. The summed E-state index contributed by atoms with van der Waals surface area (Å²) in [4.78, 5) is 22.3. The Bertz CT molecular complexity index is 546. The topological polar surface area (TPSA) is 66.4 Å². The van der Waals surface area contributed by atoms with Crippen molar-refractivity contribution < 1.29 is 32.3 Å². The number of carbonyl (C=O) groups is 2. The van der Waals surface area contributed by atoms with Gasteiger partial charge in [-0.15, -0.1) is 0 Å². The van der Waals surface area contributed by atoms with Gasteiger partial charge in [0, 0.05) is 12.5 Å². The third-order valence-corrected chi connectivity index (χ3v) is 2.56. The highest BCUT2D eigenvalue weighted by Gasteiger charge is 2.31. The predicted molar refractivity (Wildman–Crippen MR) is 60.9 cm³/mol. The average molecular weight is 293 g/mol. The summed E-state index contributed by atoms with van der Waals surface area (Å²) < 4.78 is 52.4. The molecular formula is C12H11F4NO3. The predicted octanol–water partition coefficient (Wildman–Crippen LogP) is 2.68. The van der Waals surface area contributed by atoms with Crippen molar-refractivity contribution in [3.8, 4) is 0 Å². The Morgan fingerprint density at radius 1 is 1.15 bits per heavy atom. The Morgan fingerprint density at radius 2 is 1.60 bits per heavy atom. The molecule has 20 heavy (non-hydrogen) atoms. The van der Waals surface area contributed by atoms with Crippen LogP contribution in [0.2, 0.25) is 0 Å². The molecule has 0 aliphatic carbocycles. The molecule has 0 radical (unpaired) electrons. The minimum atomic E-state index is -1.76. The molecule has 0 heterocycles. The number of benzene rings is 1. The van der Waals surface area contributed by atoms with E-state index in [9.17, 15) is 27.2 Å². The summed E-state index contributed by atoms with van der Waals surface area (Å²) in [5.41, 5.74) is -2.78. The zero-order chi connectivity index (χ0) is 15.7. The Kier molecular flexibility index (Phi) is 4.36. The SMILES string of the molecule is CC(C)(CC(=O)Nc1c(F)c(F)cc(F)c1F)C(=O)O. The molecule has 0 aromatic heterocycles. The zero-order valence-corrected chi connectivity index (χ0v) is 10.6. The lowest BCUT2D eigenvalue weighted by atomic mass is 9.89. The van der Waals surface area contributed by atoms with E-state index in [2.05, 4.69) is 0 Å². The van der Waals surface area contributed by atoms with Crippen molar-refractivity contribution in [2.45, 2.75) is 20.3 Å². The molecule has 0 fully saturated rings. The summed E-state index contributed by atoms with van der Waals surface area (Å²) in [7, 11) is 0. The number of amides is 1. The number of nitrogens with one attached hydrogen (secondary N) is 1. The van der Waals surface area contributed by atoms with Crippen LogP contribution in [0, 0.1) is 28.7 Å². The van der Waals surface area contributed by atoms with Crippen LogP contribution in [0.1, 0.15) is 20.3 Å². The molecular weight excluding hydrogens is 282 g/mol. The quantitative estimate of drug-likeness (QED) is 0.662.